The second-order valence-corrected chi connectivity index (χ2v) is 7.43. The van der Waals surface area contributed by atoms with E-state index in [0.717, 1.165) is 12.1 Å². The molecule has 9 heteroatoms. The standard InChI is InChI=1S/C19H17ClF3N3OS/c1-12(27-16-9-4-3-8-15(16)20)17-24-25-18(26(17)2)28-11-13-6-5-7-14(10-13)19(21,22)23/h3-10,12H,11H2,1-2H3. The predicted octanol–water partition coefficient (Wildman–Crippen LogP) is 5.92. The lowest BCUT2D eigenvalue weighted by atomic mass is 10.1. The molecule has 4 nitrogen and oxygen atoms in total. The molecule has 2 aromatic carbocycles. The molecular formula is C19H17ClF3N3OS. The van der Waals surface area contributed by atoms with Crippen LogP contribution in [0.15, 0.2) is 53.7 Å². The highest BCUT2D eigenvalue weighted by Crippen LogP contribution is 2.32. The molecule has 1 heterocycles. The molecule has 3 aromatic rings. The van der Waals surface area contributed by atoms with Crippen molar-refractivity contribution in [2.75, 3.05) is 0 Å². The zero-order valence-corrected chi connectivity index (χ0v) is 16.6. The highest BCUT2D eigenvalue weighted by Gasteiger charge is 2.30. The number of rotatable bonds is 6. The van der Waals surface area contributed by atoms with Gasteiger partial charge in [0.1, 0.15) is 5.75 Å². The zero-order valence-electron chi connectivity index (χ0n) is 15.1. The van der Waals surface area contributed by atoms with Crippen LogP contribution < -0.4 is 4.74 Å². The van der Waals surface area contributed by atoms with Gasteiger partial charge in [-0.1, -0.05) is 53.7 Å². The van der Waals surface area contributed by atoms with Gasteiger partial charge < -0.3 is 9.30 Å². The van der Waals surface area contributed by atoms with E-state index in [2.05, 4.69) is 10.2 Å². The van der Waals surface area contributed by atoms with Gasteiger partial charge in [-0.3, -0.25) is 0 Å². The topological polar surface area (TPSA) is 39.9 Å². The van der Waals surface area contributed by atoms with Crippen LogP contribution in [0, 0.1) is 0 Å². The Morgan fingerprint density at radius 1 is 1.14 bits per heavy atom. The molecule has 0 bridgehead atoms. The minimum absolute atomic E-state index is 0.343. The highest BCUT2D eigenvalue weighted by atomic mass is 35.5. The van der Waals surface area contributed by atoms with E-state index in [4.69, 9.17) is 16.3 Å². The molecule has 0 fully saturated rings. The van der Waals surface area contributed by atoms with Crippen molar-refractivity contribution >= 4 is 23.4 Å². The van der Waals surface area contributed by atoms with E-state index < -0.39 is 17.8 Å². The van der Waals surface area contributed by atoms with Crippen LogP contribution in [-0.4, -0.2) is 14.8 Å². The molecule has 0 aliphatic heterocycles. The number of aromatic nitrogens is 3. The van der Waals surface area contributed by atoms with E-state index in [1.807, 2.05) is 19.1 Å². The van der Waals surface area contributed by atoms with Crippen LogP contribution in [0.5, 0.6) is 5.75 Å². The predicted molar refractivity (Wildman–Crippen MR) is 103 cm³/mol. The summed E-state index contributed by atoms with van der Waals surface area (Å²) >= 11 is 7.42. The largest absolute Gasteiger partial charge is 0.481 e. The Hall–Kier alpha value is -2.19. The number of thioether (sulfide) groups is 1. The average Bonchev–Trinajstić information content (AvgIpc) is 3.02. The fraction of sp³-hybridized carbons (Fsp3) is 0.263. The maximum absolute atomic E-state index is 12.8. The molecule has 1 aromatic heterocycles. The molecule has 148 valence electrons. The van der Waals surface area contributed by atoms with Crippen molar-refractivity contribution in [3.63, 3.8) is 0 Å². The smallest absolute Gasteiger partial charge is 0.416 e. The fourth-order valence-corrected chi connectivity index (χ4v) is 3.62. The van der Waals surface area contributed by atoms with Crippen LogP contribution in [0.2, 0.25) is 5.02 Å². The van der Waals surface area contributed by atoms with Gasteiger partial charge in [-0.15, -0.1) is 10.2 Å². The number of hydrogen-bond acceptors (Lipinski definition) is 4. The Morgan fingerprint density at radius 3 is 2.61 bits per heavy atom. The molecule has 0 aliphatic carbocycles. The lowest BCUT2D eigenvalue weighted by molar-refractivity contribution is -0.137. The normalized spacial score (nSPS) is 12.8. The Kier molecular flexibility index (Phi) is 6.20. The number of benzene rings is 2. The summed E-state index contributed by atoms with van der Waals surface area (Å²) in [6.07, 6.45) is -4.76. The van der Waals surface area contributed by atoms with Crippen LogP contribution >= 0.6 is 23.4 Å². The maximum atomic E-state index is 12.8. The second kappa shape index (κ2) is 8.45. The third kappa shape index (κ3) is 4.80. The van der Waals surface area contributed by atoms with Crippen LogP contribution in [0.1, 0.15) is 30.0 Å². The summed E-state index contributed by atoms with van der Waals surface area (Å²) in [5.74, 6) is 1.47. The summed E-state index contributed by atoms with van der Waals surface area (Å²) in [6.45, 7) is 1.83. The van der Waals surface area contributed by atoms with Crippen molar-refractivity contribution in [3.05, 3.63) is 70.5 Å². The minimum atomic E-state index is -4.36. The molecule has 0 amide bonds. The van der Waals surface area contributed by atoms with Gasteiger partial charge >= 0.3 is 6.18 Å². The van der Waals surface area contributed by atoms with Gasteiger partial charge in [-0.25, -0.2) is 0 Å². The summed E-state index contributed by atoms with van der Waals surface area (Å²) in [7, 11) is 1.79. The monoisotopic (exact) mass is 427 g/mol. The van der Waals surface area contributed by atoms with Gasteiger partial charge in [0.2, 0.25) is 0 Å². The summed E-state index contributed by atoms with van der Waals surface area (Å²) < 4.78 is 46.1. The number of hydrogen-bond donors (Lipinski definition) is 0. The molecule has 0 saturated heterocycles. The Morgan fingerprint density at radius 2 is 1.89 bits per heavy atom. The molecular weight excluding hydrogens is 411 g/mol. The number of ether oxygens (including phenoxy) is 1. The molecule has 0 N–H and O–H groups in total. The van der Waals surface area contributed by atoms with Crippen molar-refractivity contribution in [2.24, 2.45) is 7.05 Å². The van der Waals surface area contributed by atoms with E-state index in [1.165, 1.54) is 17.8 Å². The molecule has 0 aliphatic rings. The van der Waals surface area contributed by atoms with Gasteiger partial charge in [0.25, 0.3) is 0 Å². The van der Waals surface area contributed by atoms with Gasteiger partial charge in [0.15, 0.2) is 17.1 Å². The van der Waals surface area contributed by atoms with E-state index in [9.17, 15) is 13.2 Å². The molecule has 0 saturated carbocycles. The molecule has 1 unspecified atom stereocenters. The summed E-state index contributed by atoms with van der Waals surface area (Å²) in [4.78, 5) is 0. The Balaban J connectivity index is 1.69. The number of nitrogens with zero attached hydrogens (tertiary/aromatic N) is 3. The lowest BCUT2D eigenvalue weighted by Crippen LogP contribution is -2.10. The summed E-state index contributed by atoms with van der Waals surface area (Å²) in [5.41, 5.74) is -0.101. The maximum Gasteiger partial charge on any atom is 0.416 e. The van der Waals surface area contributed by atoms with E-state index in [-0.39, 0.29) is 0 Å². The van der Waals surface area contributed by atoms with Crippen LogP contribution in [0.3, 0.4) is 0 Å². The molecule has 3 rings (SSSR count). The van der Waals surface area contributed by atoms with Gasteiger partial charge in [-0.05, 0) is 30.7 Å². The molecule has 0 spiro atoms. The van der Waals surface area contributed by atoms with Crippen LogP contribution in [0.25, 0.3) is 0 Å². The van der Waals surface area contributed by atoms with E-state index in [1.54, 1.807) is 29.8 Å². The molecule has 0 radical (unpaired) electrons. The van der Waals surface area contributed by atoms with Crippen LogP contribution in [-0.2, 0) is 19.0 Å². The third-order valence-electron chi connectivity index (χ3n) is 3.99. The first-order valence-electron chi connectivity index (χ1n) is 8.35. The van der Waals surface area contributed by atoms with Gasteiger partial charge in [0.05, 0.1) is 10.6 Å². The molecule has 1 atom stereocenters. The van der Waals surface area contributed by atoms with Crippen molar-refractivity contribution in [1.29, 1.82) is 0 Å². The SMILES string of the molecule is CC(Oc1ccccc1Cl)c1nnc(SCc2cccc(C(F)(F)F)c2)n1C. The van der Waals surface area contributed by atoms with Gasteiger partial charge in [0, 0.05) is 12.8 Å². The quantitative estimate of drug-likeness (QED) is 0.458. The first kappa shape index (κ1) is 20.5. The number of para-hydroxylation sites is 1. The van der Waals surface area contributed by atoms with Crippen molar-refractivity contribution in [2.45, 2.75) is 30.1 Å². The minimum Gasteiger partial charge on any atom is -0.481 e. The van der Waals surface area contributed by atoms with Gasteiger partial charge in [-0.2, -0.15) is 13.2 Å². The van der Waals surface area contributed by atoms with Crippen LogP contribution in [0.4, 0.5) is 13.2 Å². The van der Waals surface area contributed by atoms with E-state index in [0.29, 0.717) is 33.1 Å². The van der Waals surface area contributed by atoms with Crippen molar-refractivity contribution < 1.29 is 17.9 Å². The average molecular weight is 428 g/mol. The summed E-state index contributed by atoms with van der Waals surface area (Å²) in [6, 6.07) is 12.4. The second-order valence-electron chi connectivity index (χ2n) is 6.08. The number of halogens is 4. The lowest BCUT2D eigenvalue weighted by Gasteiger charge is -2.15. The third-order valence-corrected chi connectivity index (χ3v) is 5.40. The van der Waals surface area contributed by atoms with Crippen molar-refractivity contribution in [3.8, 4) is 5.75 Å². The van der Waals surface area contributed by atoms with Crippen molar-refractivity contribution in [1.82, 2.24) is 14.8 Å². The highest BCUT2D eigenvalue weighted by molar-refractivity contribution is 7.98. The Labute approximate surface area is 169 Å². The first-order valence-corrected chi connectivity index (χ1v) is 9.71. The van der Waals surface area contributed by atoms with E-state index >= 15 is 0 Å². The Bertz CT molecular complexity index is 962. The fourth-order valence-electron chi connectivity index (χ4n) is 2.57. The summed E-state index contributed by atoms with van der Waals surface area (Å²) in [5, 5.41) is 9.36. The first-order chi connectivity index (χ1) is 13.3. The zero-order chi connectivity index (χ0) is 20.3. The molecule has 28 heavy (non-hydrogen) atoms. The number of alkyl halides is 3.